The van der Waals surface area contributed by atoms with Crippen molar-refractivity contribution in [3.05, 3.63) is 39.2 Å². The van der Waals surface area contributed by atoms with E-state index in [1.807, 2.05) is 0 Å². The van der Waals surface area contributed by atoms with E-state index in [1.54, 1.807) is 6.92 Å². The van der Waals surface area contributed by atoms with Crippen LogP contribution in [-0.2, 0) is 17.6 Å². The maximum Gasteiger partial charge on any atom is 0.387 e. The third kappa shape index (κ3) is 5.59. The van der Waals surface area contributed by atoms with E-state index in [1.165, 1.54) is 34.4 Å². The Morgan fingerprint density at radius 1 is 1.27 bits per heavy atom. The Bertz CT molecular complexity index is 937. The van der Waals surface area contributed by atoms with Gasteiger partial charge in [-0.2, -0.15) is 8.78 Å². The molecule has 0 spiro atoms. The first-order chi connectivity index (χ1) is 14.4. The highest BCUT2D eigenvalue weighted by Gasteiger charge is 2.26. The molecular formula is C20H21ClF2N2O3S2. The summed E-state index contributed by atoms with van der Waals surface area (Å²) in [5, 5.41) is 6.95. The molecule has 3 rings (SSSR count). The van der Waals surface area contributed by atoms with Crippen molar-refractivity contribution in [3.63, 3.8) is 0 Å². The molecule has 1 aromatic carbocycles. The number of anilines is 2. The number of esters is 1. The molecule has 1 aliphatic carbocycles. The molecule has 0 saturated carbocycles. The van der Waals surface area contributed by atoms with Gasteiger partial charge in [0.1, 0.15) is 10.8 Å². The number of hydrogen-bond acceptors (Lipinski definition) is 5. The van der Waals surface area contributed by atoms with E-state index >= 15 is 0 Å². The first-order valence-electron chi connectivity index (χ1n) is 9.53. The van der Waals surface area contributed by atoms with Gasteiger partial charge in [-0.05, 0) is 68.6 Å². The molecule has 10 heteroatoms. The maximum absolute atomic E-state index is 12.6. The van der Waals surface area contributed by atoms with E-state index in [9.17, 15) is 13.6 Å². The smallest absolute Gasteiger partial charge is 0.387 e. The lowest BCUT2D eigenvalue weighted by atomic mass is 10.1. The first-order valence-corrected chi connectivity index (χ1v) is 11.1. The second-order valence-electron chi connectivity index (χ2n) is 6.59. The fraction of sp³-hybridized carbons (Fsp3) is 0.400. The van der Waals surface area contributed by atoms with Gasteiger partial charge in [-0.25, -0.2) is 4.79 Å². The third-order valence-corrected chi connectivity index (χ3v) is 6.24. The van der Waals surface area contributed by atoms with Crippen LogP contribution in [0, 0.1) is 0 Å². The second-order valence-corrected chi connectivity index (χ2v) is 8.51. The average molecular weight is 475 g/mol. The maximum atomic E-state index is 12.6. The highest BCUT2D eigenvalue weighted by Crippen LogP contribution is 2.38. The van der Waals surface area contributed by atoms with Crippen LogP contribution in [0.3, 0.4) is 0 Å². The molecule has 30 heavy (non-hydrogen) atoms. The van der Waals surface area contributed by atoms with E-state index in [4.69, 9.17) is 28.6 Å². The number of aryl methyl sites for hydroxylation is 1. The van der Waals surface area contributed by atoms with Gasteiger partial charge >= 0.3 is 12.6 Å². The summed E-state index contributed by atoms with van der Waals surface area (Å²) in [6.45, 7) is -0.899. The van der Waals surface area contributed by atoms with Crippen molar-refractivity contribution < 1.29 is 23.0 Å². The van der Waals surface area contributed by atoms with Crippen LogP contribution in [0.2, 0.25) is 5.02 Å². The van der Waals surface area contributed by atoms with Crippen molar-refractivity contribution in [3.8, 4) is 5.75 Å². The zero-order valence-electron chi connectivity index (χ0n) is 16.2. The summed E-state index contributed by atoms with van der Waals surface area (Å²) in [6, 6.07) is 4.29. The molecule has 0 amide bonds. The van der Waals surface area contributed by atoms with Crippen LogP contribution in [0.25, 0.3) is 0 Å². The van der Waals surface area contributed by atoms with Crippen LogP contribution in [0.1, 0.15) is 47.0 Å². The third-order valence-electron chi connectivity index (χ3n) is 4.53. The number of hydrogen-bond donors (Lipinski definition) is 2. The van der Waals surface area contributed by atoms with Gasteiger partial charge in [0.25, 0.3) is 0 Å². The molecule has 0 bridgehead atoms. The van der Waals surface area contributed by atoms with Gasteiger partial charge in [-0.15, -0.1) is 11.3 Å². The van der Waals surface area contributed by atoms with Crippen LogP contribution in [-0.4, -0.2) is 24.3 Å². The van der Waals surface area contributed by atoms with Gasteiger partial charge in [0.15, 0.2) is 5.11 Å². The number of nitrogens with one attached hydrogen (secondary N) is 2. The molecule has 0 aliphatic heterocycles. The van der Waals surface area contributed by atoms with Gasteiger partial charge in [-0.3, -0.25) is 0 Å². The number of carbonyl (C=O) groups is 1. The van der Waals surface area contributed by atoms with Crippen molar-refractivity contribution in [1.29, 1.82) is 0 Å². The molecule has 0 radical (unpaired) electrons. The van der Waals surface area contributed by atoms with E-state index in [-0.39, 0.29) is 28.5 Å². The summed E-state index contributed by atoms with van der Waals surface area (Å²) >= 11 is 12.9. The summed E-state index contributed by atoms with van der Waals surface area (Å²) in [5.74, 6) is -0.485. The van der Waals surface area contributed by atoms with Crippen LogP contribution in [0.4, 0.5) is 19.5 Å². The summed E-state index contributed by atoms with van der Waals surface area (Å²) in [4.78, 5) is 13.8. The van der Waals surface area contributed by atoms with Gasteiger partial charge in [-0.1, -0.05) is 18.0 Å². The van der Waals surface area contributed by atoms with E-state index < -0.39 is 6.61 Å². The molecule has 2 N–H and O–H groups in total. The fourth-order valence-corrected chi connectivity index (χ4v) is 5.08. The molecule has 1 aliphatic rings. The van der Waals surface area contributed by atoms with Gasteiger partial charge in [0.2, 0.25) is 0 Å². The molecule has 1 aromatic heterocycles. The first kappa shape index (κ1) is 22.7. The van der Waals surface area contributed by atoms with Crippen molar-refractivity contribution in [2.24, 2.45) is 0 Å². The fourth-order valence-electron chi connectivity index (χ4n) is 3.29. The number of fused-ring (bicyclic) bond motifs is 1. The largest absolute Gasteiger partial charge is 0.462 e. The van der Waals surface area contributed by atoms with Crippen molar-refractivity contribution in [2.45, 2.75) is 45.6 Å². The molecular weight excluding hydrogens is 454 g/mol. The van der Waals surface area contributed by atoms with Crippen molar-refractivity contribution in [1.82, 2.24) is 0 Å². The highest BCUT2D eigenvalue weighted by atomic mass is 35.5. The minimum absolute atomic E-state index is 0.0261. The van der Waals surface area contributed by atoms with Gasteiger partial charge in [0.05, 0.1) is 17.2 Å². The Morgan fingerprint density at radius 3 is 2.73 bits per heavy atom. The summed E-state index contributed by atoms with van der Waals surface area (Å²) in [5.41, 5.74) is 2.08. The molecule has 2 aromatic rings. The zero-order chi connectivity index (χ0) is 21.7. The van der Waals surface area contributed by atoms with Crippen LogP contribution >= 0.6 is 35.2 Å². The number of carbonyl (C=O) groups excluding carboxylic acids is 1. The Hall–Kier alpha value is -1.97. The number of halogens is 3. The Labute approximate surface area is 187 Å². The Morgan fingerprint density at radius 2 is 2.03 bits per heavy atom. The minimum Gasteiger partial charge on any atom is -0.462 e. The van der Waals surface area contributed by atoms with Gasteiger partial charge < -0.3 is 20.1 Å². The standard InChI is InChI=1S/C20H21ClF2N2O3S2/c1-2-27-18(26)16-12-6-4-3-5-7-15(12)30-17(16)25-20(29)24-11-8-9-14(13(21)10-11)28-19(22)23/h8-10,19H,2-7H2,1H3,(H2,24,25,29). The monoisotopic (exact) mass is 474 g/mol. The lowest BCUT2D eigenvalue weighted by Gasteiger charge is -2.13. The number of ether oxygens (including phenoxy) is 2. The summed E-state index contributed by atoms with van der Waals surface area (Å²) < 4.78 is 34.3. The average Bonchev–Trinajstić information content (AvgIpc) is 2.84. The topological polar surface area (TPSA) is 59.6 Å². The van der Waals surface area contributed by atoms with Crippen molar-refractivity contribution >= 4 is 56.9 Å². The normalized spacial score (nSPS) is 13.4. The minimum atomic E-state index is -2.96. The molecule has 162 valence electrons. The second kappa shape index (κ2) is 10.4. The molecule has 0 saturated heterocycles. The summed E-state index contributed by atoms with van der Waals surface area (Å²) in [7, 11) is 0. The van der Waals surface area contributed by atoms with Crippen LogP contribution in [0.5, 0.6) is 5.75 Å². The lowest BCUT2D eigenvalue weighted by Crippen LogP contribution is -2.20. The number of benzene rings is 1. The Kier molecular flexibility index (Phi) is 7.85. The molecule has 0 fully saturated rings. The predicted octanol–water partition coefficient (Wildman–Crippen LogP) is 6.26. The van der Waals surface area contributed by atoms with E-state index in [2.05, 4.69) is 15.4 Å². The molecule has 0 atom stereocenters. The Balaban J connectivity index is 1.78. The molecule has 0 unspecified atom stereocenters. The number of alkyl halides is 2. The molecule has 1 heterocycles. The number of rotatable bonds is 6. The summed E-state index contributed by atoms with van der Waals surface area (Å²) in [6.07, 6.45) is 5.02. The SMILES string of the molecule is CCOC(=O)c1c(NC(=S)Nc2ccc(OC(F)F)c(Cl)c2)sc2c1CCCCC2. The van der Waals surface area contributed by atoms with E-state index in [0.717, 1.165) is 37.7 Å². The quantitative estimate of drug-likeness (QED) is 0.293. The number of thiocarbonyl (C=S) groups is 1. The molecule has 5 nitrogen and oxygen atoms in total. The van der Waals surface area contributed by atoms with Gasteiger partial charge in [0, 0.05) is 10.6 Å². The lowest BCUT2D eigenvalue weighted by molar-refractivity contribution is -0.0497. The highest BCUT2D eigenvalue weighted by molar-refractivity contribution is 7.80. The number of thiophene rings is 1. The predicted molar refractivity (Wildman–Crippen MR) is 119 cm³/mol. The van der Waals surface area contributed by atoms with Crippen LogP contribution < -0.4 is 15.4 Å². The zero-order valence-corrected chi connectivity index (χ0v) is 18.6. The van der Waals surface area contributed by atoms with Crippen molar-refractivity contribution in [2.75, 3.05) is 17.2 Å². The van der Waals surface area contributed by atoms with E-state index in [0.29, 0.717) is 16.3 Å². The van der Waals surface area contributed by atoms with Crippen LogP contribution in [0.15, 0.2) is 18.2 Å².